The van der Waals surface area contributed by atoms with E-state index in [2.05, 4.69) is 88.2 Å². The molecule has 0 bridgehead atoms. The van der Waals surface area contributed by atoms with Crippen LogP contribution >= 0.6 is 0 Å². The van der Waals surface area contributed by atoms with Gasteiger partial charge in [-0.25, -0.2) is 0 Å². The number of hydrogen-bond donors (Lipinski definition) is 2. The van der Waals surface area contributed by atoms with Gasteiger partial charge >= 0.3 is 0 Å². The van der Waals surface area contributed by atoms with Gasteiger partial charge in [0.2, 0.25) is 0 Å². The Labute approximate surface area is 151 Å². The predicted molar refractivity (Wildman–Crippen MR) is 105 cm³/mol. The topological polar surface area (TPSA) is 33.8 Å². The molecular weight excluding hydrogens is 300 g/mol. The Hall–Kier alpha value is -0.240. The van der Waals surface area contributed by atoms with Gasteiger partial charge in [-0.05, 0) is 54.5 Å². The van der Waals surface area contributed by atoms with Crippen molar-refractivity contribution in [1.82, 2.24) is 25.7 Å². The Morgan fingerprint density at radius 2 is 1.29 bits per heavy atom. The molecule has 0 aliphatic carbocycles. The quantitative estimate of drug-likeness (QED) is 0.218. The highest BCUT2D eigenvalue weighted by atomic mass is 16.1. The molecule has 6 nitrogen and oxygen atoms in total. The maximum atomic E-state index is 3.69. The Morgan fingerprint density at radius 1 is 0.792 bits per heavy atom. The van der Waals surface area contributed by atoms with Crippen LogP contribution in [0.5, 0.6) is 0 Å². The highest BCUT2D eigenvalue weighted by Crippen LogP contribution is 2.24. The van der Waals surface area contributed by atoms with Crippen LogP contribution in [-0.2, 0) is 0 Å². The first-order chi connectivity index (χ1) is 11.3. The third-order valence-corrected chi connectivity index (χ3v) is 4.48. The number of nitrogens with zero attached hydrogens (tertiary/aromatic N) is 4. The van der Waals surface area contributed by atoms with E-state index in [0.717, 1.165) is 44.2 Å². The minimum atomic E-state index is 0.452. The molecule has 0 amide bonds. The molecule has 24 heavy (non-hydrogen) atoms. The summed E-state index contributed by atoms with van der Waals surface area (Å²) in [5, 5.41) is 14.6. The Bertz CT molecular complexity index is 296. The van der Waals surface area contributed by atoms with Crippen LogP contribution in [0, 0.1) is 0 Å². The summed E-state index contributed by atoms with van der Waals surface area (Å²) in [6, 6.07) is 0.904. The molecule has 0 rings (SSSR count). The van der Waals surface area contributed by atoms with Crippen molar-refractivity contribution in [3.63, 3.8) is 0 Å². The Morgan fingerprint density at radius 3 is 1.67 bits per heavy atom. The fraction of sp³-hybridized carbons (Fsp3) is 1.00. The summed E-state index contributed by atoms with van der Waals surface area (Å²) in [5.74, 6) is 0. The van der Waals surface area contributed by atoms with E-state index < -0.39 is 0 Å². The third-order valence-electron chi connectivity index (χ3n) is 4.48. The Balaban J connectivity index is 5.36. The van der Waals surface area contributed by atoms with Crippen LogP contribution in [-0.4, -0.2) is 85.4 Å². The van der Waals surface area contributed by atoms with E-state index in [1.165, 1.54) is 6.42 Å². The van der Waals surface area contributed by atoms with E-state index >= 15 is 0 Å². The zero-order chi connectivity index (χ0) is 18.8. The molecule has 0 radical (unpaired) electrons. The van der Waals surface area contributed by atoms with Crippen molar-refractivity contribution in [2.75, 3.05) is 53.5 Å². The molecule has 0 aromatic heterocycles. The average molecular weight is 346 g/mol. The van der Waals surface area contributed by atoms with E-state index in [4.69, 9.17) is 0 Å². The lowest BCUT2D eigenvalue weighted by Crippen LogP contribution is -2.78. The van der Waals surface area contributed by atoms with Crippen molar-refractivity contribution in [2.24, 2.45) is 0 Å². The highest BCUT2D eigenvalue weighted by Gasteiger charge is 2.46. The lowest BCUT2D eigenvalue weighted by Gasteiger charge is -2.55. The first-order valence-electron chi connectivity index (χ1n) is 9.80. The van der Waals surface area contributed by atoms with E-state index in [-0.39, 0.29) is 0 Å². The van der Waals surface area contributed by atoms with Crippen LogP contribution in [0.3, 0.4) is 0 Å². The van der Waals surface area contributed by atoms with Crippen molar-refractivity contribution in [3.8, 4) is 0 Å². The second-order valence-corrected chi connectivity index (χ2v) is 7.15. The molecule has 0 heterocycles. The first kappa shape index (κ1) is 23.8. The molecule has 0 saturated heterocycles. The van der Waals surface area contributed by atoms with Crippen LogP contribution in [0.1, 0.15) is 54.9 Å². The van der Waals surface area contributed by atoms with Gasteiger partial charge in [0.25, 0.3) is 0 Å². The lowest BCUT2D eigenvalue weighted by atomic mass is 10.3. The second-order valence-electron chi connectivity index (χ2n) is 7.15. The van der Waals surface area contributed by atoms with E-state index in [9.17, 15) is 0 Å². The molecule has 1 atom stereocenters. The normalized spacial score (nSPS) is 15.2. The molecule has 0 aliphatic heterocycles. The zero-order valence-electron chi connectivity index (χ0n) is 17.9. The fourth-order valence-electron chi connectivity index (χ4n) is 3.65. The van der Waals surface area contributed by atoms with Gasteiger partial charge in [-0.15, -0.1) is 15.0 Å². The van der Waals surface area contributed by atoms with Crippen molar-refractivity contribution < 1.29 is 4.81 Å². The van der Waals surface area contributed by atoms with Gasteiger partial charge in [0.1, 0.15) is 0 Å². The average Bonchev–Trinajstić information content (AvgIpc) is 2.50. The third kappa shape index (κ3) is 6.24. The lowest BCUT2D eigenvalue weighted by molar-refractivity contribution is -1.21. The number of quaternary nitrogens is 1. The van der Waals surface area contributed by atoms with Crippen molar-refractivity contribution >= 4 is 0 Å². The summed E-state index contributed by atoms with van der Waals surface area (Å²) >= 11 is 0. The molecule has 0 aliphatic rings. The maximum Gasteiger partial charge on any atom is 0.188 e. The fourth-order valence-corrected chi connectivity index (χ4v) is 3.65. The van der Waals surface area contributed by atoms with Crippen LogP contribution < -0.4 is 10.6 Å². The SMILES string of the molecule is CCCNCCNC[N+](N(C)C)(N(CC)CC)N(C(C)C)C(C)C. The van der Waals surface area contributed by atoms with Crippen molar-refractivity contribution in [1.29, 1.82) is 0 Å². The monoisotopic (exact) mass is 345 g/mol. The Kier molecular flexibility index (Phi) is 12.0. The van der Waals surface area contributed by atoms with Crippen LogP contribution in [0.4, 0.5) is 0 Å². The van der Waals surface area contributed by atoms with E-state index in [1.807, 2.05) is 0 Å². The summed E-state index contributed by atoms with van der Waals surface area (Å²) < 4.78 is 0. The largest absolute Gasteiger partial charge is 0.315 e. The minimum Gasteiger partial charge on any atom is -0.315 e. The standard InChI is InChI=1S/C18H45N6/c1-10-13-19-14-15-20-16-24(21(8)9,22(11-2)12-3)23(17(4)5)18(6)7/h17-20H,10-16H2,1-9H3/q+1. The van der Waals surface area contributed by atoms with Crippen LogP contribution in [0.25, 0.3) is 0 Å². The molecule has 0 saturated carbocycles. The molecule has 146 valence electrons. The summed E-state index contributed by atoms with van der Waals surface area (Å²) in [6.07, 6.45) is 1.19. The molecule has 0 aromatic carbocycles. The van der Waals surface area contributed by atoms with Gasteiger partial charge in [-0.2, -0.15) is 0 Å². The van der Waals surface area contributed by atoms with Gasteiger partial charge in [-0.1, -0.05) is 11.7 Å². The number of rotatable bonds is 14. The van der Waals surface area contributed by atoms with Crippen LogP contribution in [0.15, 0.2) is 0 Å². The summed E-state index contributed by atoms with van der Waals surface area (Å²) in [4.78, 5) is 0.718. The van der Waals surface area contributed by atoms with Crippen molar-refractivity contribution in [2.45, 2.75) is 67.0 Å². The van der Waals surface area contributed by atoms with E-state index in [0.29, 0.717) is 12.1 Å². The van der Waals surface area contributed by atoms with Gasteiger partial charge < -0.3 is 5.32 Å². The molecule has 0 spiro atoms. The first-order valence-corrected chi connectivity index (χ1v) is 9.80. The van der Waals surface area contributed by atoms with Gasteiger partial charge in [0.15, 0.2) is 6.67 Å². The highest BCUT2D eigenvalue weighted by molar-refractivity contribution is 4.59. The van der Waals surface area contributed by atoms with Crippen LogP contribution in [0.2, 0.25) is 0 Å². The predicted octanol–water partition coefficient (Wildman–Crippen LogP) is 2.12. The molecule has 0 fully saturated rings. The smallest absolute Gasteiger partial charge is 0.188 e. The molecule has 2 N–H and O–H groups in total. The number of hydrogen-bond acceptors (Lipinski definition) is 5. The molecule has 0 aromatic rings. The zero-order valence-corrected chi connectivity index (χ0v) is 17.9. The summed E-state index contributed by atoms with van der Waals surface area (Å²) in [7, 11) is 4.38. The van der Waals surface area contributed by atoms with Gasteiger partial charge in [0.05, 0.1) is 12.1 Å². The number of nitrogens with one attached hydrogen (secondary N) is 2. The second kappa shape index (κ2) is 12.2. The van der Waals surface area contributed by atoms with Crippen molar-refractivity contribution in [3.05, 3.63) is 0 Å². The molecular formula is C18H45N6+. The molecule has 6 heteroatoms. The molecule has 1 unspecified atom stereocenters. The minimum absolute atomic E-state index is 0.452. The maximum absolute atomic E-state index is 3.69. The van der Waals surface area contributed by atoms with Gasteiger partial charge in [0, 0.05) is 40.3 Å². The summed E-state index contributed by atoms with van der Waals surface area (Å²) in [6.45, 7) is 21.9. The summed E-state index contributed by atoms with van der Waals surface area (Å²) in [5.41, 5.74) is 0. The van der Waals surface area contributed by atoms with E-state index in [1.54, 1.807) is 0 Å². The van der Waals surface area contributed by atoms with Gasteiger partial charge in [-0.3, -0.25) is 5.32 Å².